The van der Waals surface area contributed by atoms with Crippen LogP contribution in [-0.2, 0) is 6.54 Å². The van der Waals surface area contributed by atoms with Crippen molar-refractivity contribution in [2.75, 3.05) is 0 Å². The number of aromatic amines is 1. The molecule has 5 aromatic rings. The van der Waals surface area contributed by atoms with E-state index in [9.17, 15) is 4.79 Å². The van der Waals surface area contributed by atoms with Crippen LogP contribution in [0, 0.1) is 0 Å². The SMILES string of the molecule is C[C@H](Sc1nnnn1Cc1ccco1)c1nc2scc(-c3ccco3)c2c(=O)[nH]1. The number of rotatable bonds is 6. The maximum Gasteiger partial charge on any atom is 0.260 e. The predicted octanol–water partition coefficient (Wildman–Crippen LogP) is 3.73. The molecule has 1 atom stereocenters. The average Bonchev–Trinajstić information content (AvgIpc) is 3.50. The Balaban J connectivity index is 1.43. The number of tetrazole rings is 1. The molecule has 0 spiro atoms. The number of aromatic nitrogens is 6. The predicted molar refractivity (Wildman–Crippen MR) is 108 cm³/mol. The summed E-state index contributed by atoms with van der Waals surface area (Å²) in [5.74, 6) is 1.97. The monoisotopic (exact) mass is 426 g/mol. The molecular formula is C18H14N6O3S2. The molecule has 5 rings (SSSR count). The molecule has 5 heterocycles. The molecule has 0 bridgehead atoms. The number of furan rings is 2. The Labute approximate surface area is 171 Å². The summed E-state index contributed by atoms with van der Waals surface area (Å²) >= 11 is 2.83. The third kappa shape index (κ3) is 3.38. The van der Waals surface area contributed by atoms with Gasteiger partial charge in [-0.3, -0.25) is 4.79 Å². The van der Waals surface area contributed by atoms with Crippen molar-refractivity contribution >= 4 is 33.3 Å². The van der Waals surface area contributed by atoms with E-state index in [1.54, 1.807) is 23.3 Å². The van der Waals surface area contributed by atoms with Crippen LogP contribution in [0.5, 0.6) is 0 Å². The number of fused-ring (bicyclic) bond motifs is 1. The summed E-state index contributed by atoms with van der Waals surface area (Å²) in [4.78, 5) is 21.0. The van der Waals surface area contributed by atoms with E-state index in [1.165, 1.54) is 23.1 Å². The van der Waals surface area contributed by atoms with E-state index in [2.05, 4.69) is 25.5 Å². The molecule has 0 saturated carbocycles. The van der Waals surface area contributed by atoms with Crippen molar-refractivity contribution in [1.29, 1.82) is 0 Å². The number of nitrogens with one attached hydrogen (secondary N) is 1. The highest BCUT2D eigenvalue weighted by molar-refractivity contribution is 7.99. The highest BCUT2D eigenvalue weighted by Crippen LogP contribution is 2.34. The first-order valence-corrected chi connectivity index (χ1v) is 10.5. The number of hydrogen-bond acceptors (Lipinski definition) is 9. The Morgan fingerprint density at radius 1 is 1.28 bits per heavy atom. The van der Waals surface area contributed by atoms with Crippen LogP contribution in [0.25, 0.3) is 21.5 Å². The second-order valence-corrected chi connectivity index (χ2v) is 8.38. The minimum absolute atomic E-state index is 0.164. The van der Waals surface area contributed by atoms with Gasteiger partial charge in [-0.2, -0.15) is 0 Å². The summed E-state index contributed by atoms with van der Waals surface area (Å²) in [5, 5.41) is 14.7. The third-order valence-electron chi connectivity index (χ3n) is 4.30. The van der Waals surface area contributed by atoms with Gasteiger partial charge in [0.25, 0.3) is 5.56 Å². The third-order valence-corrected chi connectivity index (χ3v) is 6.25. The van der Waals surface area contributed by atoms with Crippen LogP contribution in [-0.4, -0.2) is 30.2 Å². The molecule has 0 radical (unpaired) electrons. The highest BCUT2D eigenvalue weighted by Gasteiger charge is 2.20. The van der Waals surface area contributed by atoms with Crippen molar-refractivity contribution in [3.8, 4) is 11.3 Å². The zero-order valence-corrected chi connectivity index (χ0v) is 16.7. The fraction of sp³-hybridized carbons (Fsp3) is 0.167. The van der Waals surface area contributed by atoms with Gasteiger partial charge in [0.2, 0.25) is 5.16 Å². The lowest BCUT2D eigenvalue weighted by atomic mass is 10.2. The number of thioether (sulfide) groups is 1. The van der Waals surface area contributed by atoms with Gasteiger partial charge in [-0.1, -0.05) is 11.8 Å². The summed E-state index contributed by atoms with van der Waals surface area (Å²) < 4.78 is 12.4. The fourth-order valence-electron chi connectivity index (χ4n) is 2.92. The van der Waals surface area contributed by atoms with Gasteiger partial charge in [0, 0.05) is 10.9 Å². The molecule has 0 unspecified atom stereocenters. The Hall–Kier alpha value is -3.18. The first kappa shape index (κ1) is 17.9. The molecule has 0 aliphatic rings. The van der Waals surface area contributed by atoms with Gasteiger partial charge in [0.05, 0.1) is 23.2 Å². The number of nitrogens with zero attached hydrogens (tertiary/aromatic N) is 5. The second kappa shape index (κ2) is 7.33. The average molecular weight is 426 g/mol. The molecule has 1 N–H and O–H groups in total. The number of thiophene rings is 1. The smallest absolute Gasteiger partial charge is 0.260 e. The van der Waals surface area contributed by atoms with Crippen LogP contribution < -0.4 is 5.56 Å². The molecule has 146 valence electrons. The van der Waals surface area contributed by atoms with Crippen LogP contribution in [0.3, 0.4) is 0 Å². The van der Waals surface area contributed by atoms with Crippen LogP contribution in [0.4, 0.5) is 0 Å². The largest absolute Gasteiger partial charge is 0.467 e. The molecule has 0 aliphatic carbocycles. The van der Waals surface area contributed by atoms with Gasteiger partial charge in [0.1, 0.15) is 28.7 Å². The molecule has 0 saturated heterocycles. The molecule has 0 aromatic carbocycles. The van der Waals surface area contributed by atoms with E-state index >= 15 is 0 Å². The van der Waals surface area contributed by atoms with E-state index in [1.807, 2.05) is 30.5 Å². The van der Waals surface area contributed by atoms with Crippen molar-refractivity contribution < 1.29 is 8.83 Å². The van der Waals surface area contributed by atoms with Gasteiger partial charge in [-0.25, -0.2) is 9.67 Å². The van der Waals surface area contributed by atoms with Crippen molar-refractivity contribution in [2.45, 2.75) is 23.9 Å². The molecule has 0 amide bonds. The van der Waals surface area contributed by atoms with E-state index in [-0.39, 0.29) is 10.8 Å². The van der Waals surface area contributed by atoms with Gasteiger partial charge in [-0.15, -0.1) is 16.4 Å². The van der Waals surface area contributed by atoms with Crippen LogP contribution in [0.1, 0.15) is 23.8 Å². The quantitative estimate of drug-likeness (QED) is 0.408. The second-order valence-electron chi connectivity index (χ2n) is 6.22. The maximum absolute atomic E-state index is 12.8. The molecule has 0 fully saturated rings. The van der Waals surface area contributed by atoms with E-state index in [0.717, 1.165) is 11.3 Å². The lowest BCUT2D eigenvalue weighted by Gasteiger charge is -2.10. The summed E-state index contributed by atoms with van der Waals surface area (Å²) in [6.07, 6.45) is 3.19. The maximum atomic E-state index is 12.8. The Morgan fingerprint density at radius 3 is 2.93 bits per heavy atom. The minimum Gasteiger partial charge on any atom is -0.467 e. The first-order chi connectivity index (χ1) is 14.2. The van der Waals surface area contributed by atoms with E-state index in [0.29, 0.717) is 33.5 Å². The zero-order chi connectivity index (χ0) is 19.8. The molecular weight excluding hydrogens is 412 g/mol. The topological polar surface area (TPSA) is 116 Å². The first-order valence-electron chi connectivity index (χ1n) is 8.69. The highest BCUT2D eigenvalue weighted by atomic mass is 32.2. The van der Waals surface area contributed by atoms with Crippen LogP contribution in [0.15, 0.2) is 61.0 Å². The Kier molecular flexibility index (Phi) is 4.52. The normalized spacial score (nSPS) is 12.6. The summed E-state index contributed by atoms with van der Waals surface area (Å²) in [6.45, 7) is 2.37. The fourth-order valence-corrected chi connectivity index (χ4v) is 4.70. The molecule has 29 heavy (non-hydrogen) atoms. The van der Waals surface area contributed by atoms with Crippen LogP contribution >= 0.6 is 23.1 Å². The number of H-pyrrole nitrogens is 1. The van der Waals surface area contributed by atoms with Crippen molar-refractivity contribution in [3.63, 3.8) is 0 Å². The summed E-state index contributed by atoms with van der Waals surface area (Å²) in [7, 11) is 0. The molecule has 0 aliphatic heterocycles. The molecule has 5 aromatic heterocycles. The van der Waals surface area contributed by atoms with E-state index < -0.39 is 0 Å². The van der Waals surface area contributed by atoms with Gasteiger partial charge < -0.3 is 13.8 Å². The summed E-state index contributed by atoms with van der Waals surface area (Å²) in [6, 6.07) is 7.30. The Morgan fingerprint density at radius 2 is 2.14 bits per heavy atom. The molecule has 9 nitrogen and oxygen atoms in total. The van der Waals surface area contributed by atoms with Gasteiger partial charge in [-0.05, 0) is 41.6 Å². The lowest BCUT2D eigenvalue weighted by molar-refractivity contribution is 0.462. The van der Waals surface area contributed by atoms with Crippen LogP contribution in [0.2, 0.25) is 0 Å². The molecule has 11 heteroatoms. The Bertz CT molecular complexity index is 1300. The lowest BCUT2D eigenvalue weighted by Crippen LogP contribution is -2.13. The van der Waals surface area contributed by atoms with Crippen molar-refractivity contribution in [2.24, 2.45) is 0 Å². The minimum atomic E-state index is -0.194. The van der Waals surface area contributed by atoms with Crippen molar-refractivity contribution in [1.82, 2.24) is 30.2 Å². The van der Waals surface area contributed by atoms with Gasteiger partial charge >= 0.3 is 0 Å². The standard InChI is InChI=1S/C18H14N6O3S2/c1-10(29-18-21-22-23-24(18)8-11-4-2-6-26-11)15-19-16(25)14-12(9-28-17(14)20-15)13-5-3-7-27-13/h2-7,9-10H,8H2,1H3,(H,19,20,25)/t10-/m0/s1. The number of hydrogen-bond donors (Lipinski definition) is 1. The van der Waals surface area contributed by atoms with Gasteiger partial charge in [0.15, 0.2) is 0 Å². The van der Waals surface area contributed by atoms with Crippen molar-refractivity contribution in [3.05, 3.63) is 64.1 Å². The summed E-state index contributed by atoms with van der Waals surface area (Å²) in [5.41, 5.74) is 0.554. The van der Waals surface area contributed by atoms with E-state index in [4.69, 9.17) is 8.83 Å². The zero-order valence-electron chi connectivity index (χ0n) is 15.1.